The van der Waals surface area contributed by atoms with Gasteiger partial charge in [-0.25, -0.2) is 0 Å². The standard InChI is InChI=1S/C23H32N2O3/c1-27-21-5-3-2-4-20(21)25-8-6-24(7-9-25)10-11-28-22(26)23-15-17-12-18(16-23)14-19(23)13-17/h2-5,17-19H,6-16H2,1H3. The van der Waals surface area contributed by atoms with Crippen LogP contribution in [0.3, 0.4) is 0 Å². The topological polar surface area (TPSA) is 42.0 Å². The van der Waals surface area contributed by atoms with E-state index >= 15 is 0 Å². The number of esters is 1. The molecule has 4 bridgehead atoms. The molecule has 1 aromatic carbocycles. The molecule has 5 fully saturated rings. The molecule has 2 atom stereocenters. The van der Waals surface area contributed by atoms with Gasteiger partial charge in [0.25, 0.3) is 0 Å². The molecule has 0 radical (unpaired) electrons. The molecular formula is C23H32N2O3. The quantitative estimate of drug-likeness (QED) is 0.705. The van der Waals surface area contributed by atoms with Gasteiger partial charge in [-0.15, -0.1) is 0 Å². The van der Waals surface area contributed by atoms with Crippen LogP contribution in [-0.2, 0) is 9.53 Å². The number of ether oxygens (including phenoxy) is 2. The first-order valence-corrected chi connectivity index (χ1v) is 11.0. The number of anilines is 1. The molecule has 1 heterocycles. The van der Waals surface area contributed by atoms with Crippen molar-refractivity contribution < 1.29 is 14.3 Å². The molecule has 0 spiro atoms. The highest BCUT2D eigenvalue weighted by atomic mass is 16.5. The summed E-state index contributed by atoms with van der Waals surface area (Å²) in [6.45, 7) is 5.32. The fourth-order valence-electron chi connectivity index (χ4n) is 6.64. The molecule has 0 N–H and O–H groups in total. The van der Waals surface area contributed by atoms with Crippen molar-refractivity contribution >= 4 is 11.7 Å². The Labute approximate surface area is 168 Å². The Hall–Kier alpha value is -1.75. The third kappa shape index (κ3) is 3.08. The second kappa shape index (κ2) is 7.25. The molecule has 2 unspecified atom stereocenters. The molecule has 5 aliphatic rings. The smallest absolute Gasteiger partial charge is 0.312 e. The van der Waals surface area contributed by atoms with Crippen LogP contribution in [0.2, 0.25) is 0 Å². The third-order valence-electron chi connectivity index (χ3n) is 7.84. The predicted molar refractivity (Wildman–Crippen MR) is 109 cm³/mol. The van der Waals surface area contributed by atoms with Gasteiger partial charge in [-0.2, -0.15) is 0 Å². The zero-order valence-electron chi connectivity index (χ0n) is 16.9. The summed E-state index contributed by atoms with van der Waals surface area (Å²) in [6.07, 6.45) is 6.12. The van der Waals surface area contributed by atoms with Gasteiger partial charge in [0.15, 0.2) is 0 Å². The van der Waals surface area contributed by atoms with Gasteiger partial charge in [-0.1, -0.05) is 12.1 Å². The molecule has 4 aliphatic carbocycles. The Morgan fingerprint density at radius 3 is 2.50 bits per heavy atom. The van der Waals surface area contributed by atoms with Crippen LogP contribution in [0.1, 0.15) is 32.1 Å². The molecule has 152 valence electrons. The van der Waals surface area contributed by atoms with Crippen molar-refractivity contribution in [1.82, 2.24) is 4.90 Å². The van der Waals surface area contributed by atoms with E-state index in [1.54, 1.807) is 7.11 Å². The lowest BCUT2D eigenvalue weighted by atomic mass is 9.75. The maximum Gasteiger partial charge on any atom is 0.312 e. The SMILES string of the molecule is COc1ccccc1N1CCN(CCOC(=O)C23CC4CC(CC2C4)C3)CC1. The van der Waals surface area contributed by atoms with Crippen LogP contribution in [0.15, 0.2) is 24.3 Å². The molecule has 28 heavy (non-hydrogen) atoms. The van der Waals surface area contributed by atoms with E-state index in [-0.39, 0.29) is 11.4 Å². The van der Waals surface area contributed by atoms with E-state index in [4.69, 9.17) is 9.47 Å². The van der Waals surface area contributed by atoms with E-state index < -0.39 is 0 Å². The van der Waals surface area contributed by atoms with Crippen LogP contribution in [0.5, 0.6) is 5.75 Å². The van der Waals surface area contributed by atoms with Gasteiger partial charge in [-0.05, 0) is 62.0 Å². The van der Waals surface area contributed by atoms with Crippen molar-refractivity contribution in [1.29, 1.82) is 0 Å². The van der Waals surface area contributed by atoms with Gasteiger partial charge in [0.05, 0.1) is 18.2 Å². The number of nitrogens with zero attached hydrogens (tertiary/aromatic N) is 2. The average Bonchev–Trinajstić information content (AvgIpc) is 3.13. The van der Waals surface area contributed by atoms with Crippen LogP contribution in [0.4, 0.5) is 5.69 Å². The van der Waals surface area contributed by atoms with E-state index in [2.05, 4.69) is 21.9 Å². The first kappa shape index (κ1) is 18.3. The molecule has 5 heteroatoms. The van der Waals surface area contributed by atoms with E-state index in [1.807, 2.05) is 12.1 Å². The van der Waals surface area contributed by atoms with Gasteiger partial charge in [0.2, 0.25) is 0 Å². The monoisotopic (exact) mass is 384 g/mol. The maximum atomic E-state index is 12.9. The summed E-state index contributed by atoms with van der Waals surface area (Å²) in [5, 5.41) is 0. The van der Waals surface area contributed by atoms with Crippen molar-refractivity contribution in [3.63, 3.8) is 0 Å². The summed E-state index contributed by atoms with van der Waals surface area (Å²) < 4.78 is 11.3. The van der Waals surface area contributed by atoms with Gasteiger partial charge in [-0.3, -0.25) is 9.69 Å². The lowest BCUT2D eigenvalue weighted by Crippen LogP contribution is -2.47. The van der Waals surface area contributed by atoms with Crippen LogP contribution in [0.25, 0.3) is 0 Å². The molecular weight excluding hydrogens is 352 g/mol. The number of hydrogen-bond acceptors (Lipinski definition) is 5. The second-order valence-corrected chi connectivity index (χ2v) is 9.34. The minimum atomic E-state index is -0.101. The number of carbonyl (C=O) groups excluding carboxylic acids is 1. The summed E-state index contributed by atoms with van der Waals surface area (Å²) in [5.41, 5.74) is 1.07. The molecule has 1 aromatic rings. The number of rotatable bonds is 6. The van der Waals surface area contributed by atoms with Crippen LogP contribution < -0.4 is 9.64 Å². The van der Waals surface area contributed by atoms with Crippen molar-refractivity contribution in [2.75, 3.05) is 51.3 Å². The highest BCUT2D eigenvalue weighted by Gasteiger charge is 2.62. The number of carbonyl (C=O) groups is 1. The van der Waals surface area contributed by atoms with Crippen LogP contribution >= 0.6 is 0 Å². The first-order valence-electron chi connectivity index (χ1n) is 11.0. The molecule has 1 saturated heterocycles. The fraction of sp³-hybridized carbons (Fsp3) is 0.696. The highest BCUT2D eigenvalue weighted by molar-refractivity contribution is 5.78. The van der Waals surface area contributed by atoms with Crippen LogP contribution in [-0.4, -0.2) is 57.3 Å². The lowest BCUT2D eigenvalue weighted by Gasteiger charge is -2.36. The van der Waals surface area contributed by atoms with Crippen LogP contribution in [0, 0.1) is 23.2 Å². The van der Waals surface area contributed by atoms with Gasteiger partial charge >= 0.3 is 5.97 Å². The molecule has 0 aromatic heterocycles. The fourth-order valence-corrected chi connectivity index (χ4v) is 6.64. The van der Waals surface area contributed by atoms with E-state index in [1.165, 1.54) is 24.9 Å². The zero-order valence-corrected chi connectivity index (χ0v) is 16.9. The number of piperazine rings is 1. The normalized spacial score (nSPS) is 34.0. The van der Waals surface area contributed by atoms with Crippen molar-refractivity contribution in [2.45, 2.75) is 32.1 Å². The molecule has 0 amide bonds. The highest BCUT2D eigenvalue weighted by Crippen LogP contribution is 2.65. The number of benzene rings is 1. The summed E-state index contributed by atoms with van der Waals surface area (Å²) in [5.74, 6) is 3.27. The minimum Gasteiger partial charge on any atom is -0.495 e. The zero-order chi connectivity index (χ0) is 19.1. The number of hydrogen-bond donors (Lipinski definition) is 0. The summed E-state index contributed by atoms with van der Waals surface area (Å²) in [4.78, 5) is 17.7. The van der Waals surface area contributed by atoms with Gasteiger partial charge < -0.3 is 14.4 Å². The Morgan fingerprint density at radius 1 is 1.07 bits per heavy atom. The summed E-state index contributed by atoms with van der Waals surface area (Å²) in [6, 6.07) is 8.21. The van der Waals surface area contributed by atoms with Crippen molar-refractivity contribution in [3.05, 3.63) is 24.3 Å². The third-order valence-corrected chi connectivity index (χ3v) is 7.84. The largest absolute Gasteiger partial charge is 0.495 e. The molecule has 6 rings (SSSR count). The minimum absolute atomic E-state index is 0.101. The van der Waals surface area contributed by atoms with E-state index in [0.717, 1.165) is 63.2 Å². The Balaban J connectivity index is 1.09. The first-order chi connectivity index (χ1) is 13.7. The predicted octanol–water partition coefficient (Wildman–Crippen LogP) is 3.19. The number of methoxy groups -OCH3 is 1. The van der Waals surface area contributed by atoms with Gasteiger partial charge in [0.1, 0.15) is 12.4 Å². The lowest BCUT2D eigenvalue weighted by molar-refractivity contribution is -0.158. The number of para-hydroxylation sites is 2. The second-order valence-electron chi connectivity index (χ2n) is 9.34. The Bertz CT molecular complexity index is 714. The van der Waals surface area contributed by atoms with E-state index in [0.29, 0.717) is 12.5 Å². The summed E-state index contributed by atoms with van der Waals surface area (Å²) in [7, 11) is 1.73. The van der Waals surface area contributed by atoms with Crippen molar-refractivity contribution in [3.8, 4) is 5.75 Å². The molecule has 4 saturated carbocycles. The summed E-state index contributed by atoms with van der Waals surface area (Å²) >= 11 is 0. The Kier molecular flexibility index (Phi) is 4.74. The maximum absolute atomic E-state index is 12.9. The van der Waals surface area contributed by atoms with Crippen molar-refractivity contribution in [2.24, 2.45) is 23.2 Å². The molecule has 1 aliphatic heterocycles. The van der Waals surface area contributed by atoms with E-state index in [9.17, 15) is 4.79 Å². The average molecular weight is 385 g/mol. The molecule has 5 nitrogen and oxygen atoms in total. The van der Waals surface area contributed by atoms with Gasteiger partial charge in [0, 0.05) is 32.7 Å². The Morgan fingerprint density at radius 2 is 1.79 bits per heavy atom.